The van der Waals surface area contributed by atoms with Gasteiger partial charge in [0, 0.05) is 6.54 Å². The summed E-state index contributed by atoms with van der Waals surface area (Å²) in [7, 11) is 3.21. The predicted octanol–water partition coefficient (Wildman–Crippen LogP) is 2.05. The maximum atomic E-state index is 12.3. The summed E-state index contributed by atoms with van der Waals surface area (Å²) in [6, 6.07) is 5.75. The maximum Gasteiger partial charge on any atom is 0.233 e. The van der Waals surface area contributed by atoms with Crippen molar-refractivity contribution < 1.29 is 14.3 Å². The number of H-pyrrole nitrogens is 1. The number of carbonyl (C=O) groups excluding carboxylic acids is 1. The van der Waals surface area contributed by atoms with Crippen LogP contribution < -0.4 is 14.8 Å². The number of thioether (sulfide) groups is 1. The van der Waals surface area contributed by atoms with Gasteiger partial charge in [0.15, 0.2) is 16.7 Å². The molecular weight excluding hydrogens is 328 g/mol. The van der Waals surface area contributed by atoms with Crippen LogP contribution in [-0.4, -0.2) is 47.1 Å². The highest BCUT2D eigenvalue weighted by atomic mass is 32.2. The lowest BCUT2D eigenvalue weighted by Gasteiger charge is -2.13. The number of amides is 1. The Hall–Kier alpha value is -2.22. The van der Waals surface area contributed by atoms with Gasteiger partial charge in [0.05, 0.1) is 19.5 Å². The second kappa shape index (κ2) is 9.17. The summed E-state index contributed by atoms with van der Waals surface area (Å²) in [6.07, 6.45) is 2.87. The molecule has 1 aromatic carbocycles. The third kappa shape index (κ3) is 4.89. The van der Waals surface area contributed by atoms with E-state index in [0.717, 1.165) is 12.0 Å². The summed E-state index contributed by atoms with van der Waals surface area (Å²) in [6.45, 7) is 2.53. The van der Waals surface area contributed by atoms with Crippen molar-refractivity contribution in [3.63, 3.8) is 0 Å². The largest absolute Gasteiger partial charge is 0.493 e. The van der Waals surface area contributed by atoms with Gasteiger partial charge in [-0.05, 0) is 30.5 Å². The molecule has 1 atom stereocenters. The number of aromatic nitrogens is 3. The van der Waals surface area contributed by atoms with Crippen molar-refractivity contribution >= 4 is 17.7 Å². The molecule has 0 radical (unpaired) electrons. The Morgan fingerprint density at radius 1 is 1.33 bits per heavy atom. The Morgan fingerprint density at radius 3 is 2.75 bits per heavy atom. The summed E-state index contributed by atoms with van der Waals surface area (Å²) in [5.74, 6) is 1.38. The lowest BCUT2D eigenvalue weighted by molar-refractivity contribution is -0.120. The fourth-order valence-corrected chi connectivity index (χ4v) is 3.03. The summed E-state index contributed by atoms with van der Waals surface area (Å²) in [5, 5.41) is 9.97. The number of methoxy groups -OCH3 is 2. The monoisotopic (exact) mass is 350 g/mol. The number of ether oxygens (including phenoxy) is 2. The molecule has 2 N–H and O–H groups in total. The van der Waals surface area contributed by atoms with Crippen molar-refractivity contribution in [3.8, 4) is 11.5 Å². The molecule has 8 heteroatoms. The van der Waals surface area contributed by atoms with Gasteiger partial charge < -0.3 is 14.8 Å². The van der Waals surface area contributed by atoms with E-state index in [2.05, 4.69) is 20.5 Å². The molecule has 130 valence electrons. The SMILES string of the molecule is CCC(Sc1ncn[nH]1)C(=O)NCCc1ccc(OC)c(OC)c1. The number of aromatic amines is 1. The van der Waals surface area contributed by atoms with Gasteiger partial charge in [-0.2, -0.15) is 5.10 Å². The first kappa shape index (κ1) is 18.1. The third-order valence-corrected chi connectivity index (χ3v) is 4.72. The summed E-state index contributed by atoms with van der Waals surface area (Å²) < 4.78 is 10.5. The zero-order chi connectivity index (χ0) is 17.4. The summed E-state index contributed by atoms with van der Waals surface area (Å²) in [5.41, 5.74) is 1.07. The molecule has 0 bridgehead atoms. The zero-order valence-corrected chi connectivity index (χ0v) is 14.9. The molecular formula is C16H22N4O3S. The van der Waals surface area contributed by atoms with Gasteiger partial charge in [0.1, 0.15) is 6.33 Å². The van der Waals surface area contributed by atoms with Crippen molar-refractivity contribution in [3.05, 3.63) is 30.1 Å². The average Bonchev–Trinajstić information content (AvgIpc) is 3.12. The van der Waals surface area contributed by atoms with Crippen molar-refractivity contribution in [1.82, 2.24) is 20.5 Å². The van der Waals surface area contributed by atoms with Gasteiger partial charge in [0.2, 0.25) is 5.91 Å². The average molecular weight is 350 g/mol. The van der Waals surface area contributed by atoms with Crippen LogP contribution in [0.1, 0.15) is 18.9 Å². The van der Waals surface area contributed by atoms with Crippen LogP contribution in [0.25, 0.3) is 0 Å². The molecule has 1 aromatic heterocycles. The molecule has 1 heterocycles. The smallest absolute Gasteiger partial charge is 0.233 e. The summed E-state index contributed by atoms with van der Waals surface area (Å²) >= 11 is 1.38. The van der Waals surface area contributed by atoms with E-state index in [1.807, 2.05) is 25.1 Å². The Bertz CT molecular complexity index is 649. The number of nitrogens with zero attached hydrogens (tertiary/aromatic N) is 2. The highest BCUT2D eigenvalue weighted by molar-refractivity contribution is 8.00. The van der Waals surface area contributed by atoms with Crippen molar-refractivity contribution in [2.75, 3.05) is 20.8 Å². The van der Waals surface area contributed by atoms with E-state index in [9.17, 15) is 4.79 Å². The van der Waals surface area contributed by atoms with Crippen LogP contribution in [0.15, 0.2) is 29.7 Å². The topological polar surface area (TPSA) is 89.1 Å². The van der Waals surface area contributed by atoms with Gasteiger partial charge in [-0.15, -0.1) is 0 Å². The molecule has 1 amide bonds. The first-order chi connectivity index (χ1) is 11.7. The molecule has 24 heavy (non-hydrogen) atoms. The predicted molar refractivity (Wildman–Crippen MR) is 92.6 cm³/mol. The van der Waals surface area contributed by atoms with Crippen molar-refractivity contribution in [2.24, 2.45) is 0 Å². The molecule has 0 aliphatic rings. The Labute approximate surface area is 145 Å². The van der Waals surface area contributed by atoms with E-state index in [4.69, 9.17) is 9.47 Å². The van der Waals surface area contributed by atoms with Crippen LogP contribution in [0.3, 0.4) is 0 Å². The lowest BCUT2D eigenvalue weighted by atomic mass is 10.1. The van der Waals surface area contributed by atoms with E-state index >= 15 is 0 Å². The third-order valence-electron chi connectivity index (χ3n) is 3.47. The van der Waals surface area contributed by atoms with Crippen LogP contribution >= 0.6 is 11.8 Å². The maximum absolute atomic E-state index is 12.3. The van der Waals surface area contributed by atoms with Crippen LogP contribution in [-0.2, 0) is 11.2 Å². The summed E-state index contributed by atoms with van der Waals surface area (Å²) in [4.78, 5) is 16.3. The molecule has 2 aromatic rings. The van der Waals surface area contributed by atoms with Crippen LogP contribution in [0, 0.1) is 0 Å². The fraction of sp³-hybridized carbons (Fsp3) is 0.438. The number of nitrogens with one attached hydrogen (secondary N) is 2. The van der Waals surface area contributed by atoms with Gasteiger partial charge in [-0.25, -0.2) is 4.98 Å². The highest BCUT2D eigenvalue weighted by Crippen LogP contribution is 2.27. The minimum Gasteiger partial charge on any atom is -0.493 e. The molecule has 0 aliphatic carbocycles. The van der Waals surface area contributed by atoms with Gasteiger partial charge in [-0.3, -0.25) is 9.89 Å². The van der Waals surface area contributed by atoms with E-state index in [1.165, 1.54) is 18.1 Å². The minimum atomic E-state index is -0.191. The Kier molecular flexibility index (Phi) is 6.92. The highest BCUT2D eigenvalue weighted by Gasteiger charge is 2.18. The Balaban J connectivity index is 1.85. The number of benzene rings is 1. The van der Waals surface area contributed by atoms with Crippen LogP contribution in [0.2, 0.25) is 0 Å². The van der Waals surface area contributed by atoms with Gasteiger partial charge in [-0.1, -0.05) is 24.8 Å². The number of rotatable bonds is 9. The molecule has 0 spiro atoms. The van der Waals surface area contributed by atoms with Crippen LogP contribution in [0.4, 0.5) is 0 Å². The van der Waals surface area contributed by atoms with Gasteiger partial charge in [0.25, 0.3) is 0 Å². The molecule has 0 saturated carbocycles. The molecule has 1 unspecified atom stereocenters. The van der Waals surface area contributed by atoms with Gasteiger partial charge >= 0.3 is 0 Å². The minimum absolute atomic E-state index is 0.000577. The second-order valence-electron chi connectivity index (χ2n) is 5.04. The molecule has 0 fully saturated rings. The first-order valence-corrected chi connectivity index (χ1v) is 8.56. The Morgan fingerprint density at radius 2 is 2.12 bits per heavy atom. The normalized spacial score (nSPS) is 11.8. The zero-order valence-electron chi connectivity index (χ0n) is 14.0. The standard InChI is InChI=1S/C16H22N4O3S/c1-4-14(24-16-18-10-19-20-16)15(21)17-8-7-11-5-6-12(22-2)13(9-11)23-3/h5-6,9-10,14H,4,7-8H2,1-3H3,(H,17,21)(H,18,19,20). The number of hydrogen-bond donors (Lipinski definition) is 2. The van der Waals surface area contributed by atoms with Crippen molar-refractivity contribution in [2.45, 2.75) is 30.2 Å². The second-order valence-corrected chi connectivity index (χ2v) is 6.23. The van der Waals surface area contributed by atoms with E-state index in [-0.39, 0.29) is 11.2 Å². The lowest BCUT2D eigenvalue weighted by Crippen LogP contribution is -2.33. The number of carbonyl (C=O) groups is 1. The van der Waals surface area contributed by atoms with E-state index in [0.29, 0.717) is 29.6 Å². The quantitative estimate of drug-likeness (QED) is 0.673. The molecule has 7 nitrogen and oxygen atoms in total. The number of hydrogen-bond acceptors (Lipinski definition) is 6. The van der Waals surface area contributed by atoms with Crippen molar-refractivity contribution in [1.29, 1.82) is 0 Å². The molecule has 0 saturated heterocycles. The molecule has 2 rings (SSSR count). The van der Waals surface area contributed by atoms with E-state index < -0.39 is 0 Å². The van der Waals surface area contributed by atoms with E-state index in [1.54, 1.807) is 14.2 Å². The van der Waals surface area contributed by atoms with Crippen LogP contribution in [0.5, 0.6) is 11.5 Å². The fourth-order valence-electron chi connectivity index (χ4n) is 2.19. The molecule has 0 aliphatic heterocycles. The first-order valence-electron chi connectivity index (χ1n) is 7.68.